The quantitative estimate of drug-likeness (QED) is 0.194. The number of hydrogen-bond acceptors (Lipinski definition) is 9. The van der Waals surface area contributed by atoms with E-state index >= 15 is 0 Å². The number of nitrogens with two attached hydrogens (primary N) is 1. The van der Waals surface area contributed by atoms with E-state index in [1.807, 2.05) is 47.8 Å². The second kappa shape index (κ2) is 13.8. The summed E-state index contributed by atoms with van der Waals surface area (Å²) in [5.41, 5.74) is 10.2. The average molecular weight is 599 g/mol. The summed E-state index contributed by atoms with van der Waals surface area (Å²) >= 11 is 0. The van der Waals surface area contributed by atoms with Crippen LogP contribution < -0.4 is 26.6 Å². The van der Waals surface area contributed by atoms with Crippen LogP contribution >= 0.6 is 0 Å². The summed E-state index contributed by atoms with van der Waals surface area (Å²) < 4.78 is 2.04. The Morgan fingerprint density at radius 3 is 2.55 bits per heavy atom. The van der Waals surface area contributed by atoms with Gasteiger partial charge in [-0.05, 0) is 96.2 Å². The van der Waals surface area contributed by atoms with Crippen molar-refractivity contribution in [3.05, 3.63) is 60.4 Å². The fraction of sp³-hybridized carbons (Fsp3) is 0.406. The molecule has 1 fully saturated rings. The second-order valence-electron chi connectivity index (χ2n) is 11.8. The number of carbonyl (C=O) groups is 2. The molecule has 0 spiro atoms. The van der Waals surface area contributed by atoms with Gasteiger partial charge < -0.3 is 36.1 Å². The number of fused-ring (bicyclic) bond motifs is 1. The molecule has 5 rings (SSSR count). The highest BCUT2D eigenvalue weighted by molar-refractivity contribution is 6.05. The molecule has 1 aliphatic heterocycles. The van der Waals surface area contributed by atoms with E-state index in [1.54, 1.807) is 30.6 Å². The van der Waals surface area contributed by atoms with Crippen LogP contribution in [0.1, 0.15) is 55.9 Å². The number of hydrogen-bond donors (Lipinski definition) is 4. The standard InChI is InChI=1S/C32H42N10O2/c1-21(2)42-20-34-28-29(38-32(39-30(28)42)41-17-6-8-23(33)19-41)36-25-9-5-10-26(18-25)37-31(44)22-12-14-24(15-13-22)35-27(43)11-7-16-40(3)4/h5,9-10,12-15,18,20-21,23H,6-8,11,16-17,19,33H2,1-4H3,(H,35,43)(H,37,44)(H,36,38,39). The number of aromatic nitrogens is 4. The summed E-state index contributed by atoms with van der Waals surface area (Å²) in [4.78, 5) is 43.8. The van der Waals surface area contributed by atoms with Gasteiger partial charge in [0, 0.05) is 54.2 Å². The Balaban J connectivity index is 1.29. The maximum atomic E-state index is 13.0. The summed E-state index contributed by atoms with van der Waals surface area (Å²) in [5, 5.41) is 9.26. The van der Waals surface area contributed by atoms with Crippen LogP contribution in [0.15, 0.2) is 54.9 Å². The molecule has 0 aliphatic carbocycles. The molecule has 1 atom stereocenters. The van der Waals surface area contributed by atoms with Crippen LogP contribution in [0.3, 0.4) is 0 Å². The molecule has 2 aromatic heterocycles. The molecule has 2 aromatic carbocycles. The molecule has 0 saturated carbocycles. The van der Waals surface area contributed by atoms with Crippen molar-refractivity contribution < 1.29 is 9.59 Å². The summed E-state index contributed by atoms with van der Waals surface area (Å²) in [6.07, 6.45) is 5.00. The minimum Gasteiger partial charge on any atom is -0.339 e. The maximum absolute atomic E-state index is 13.0. The Hall–Kier alpha value is -4.55. The number of anilines is 5. The molecule has 232 valence electrons. The van der Waals surface area contributed by atoms with E-state index in [-0.39, 0.29) is 23.9 Å². The number of benzene rings is 2. The number of piperidine rings is 1. The molecular weight excluding hydrogens is 556 g/mol. The molecule has 44 heavy (non-hydrogen) atoms. The van der Waals surface area contributed by atoms with Crippen LogP contribution in [-0.2, 0) is 4.79 Å². The van der Waals surface area contributed by atoms with Crippen molar-refractivity contribution in [2.75, 3.05) is 54.6 Å². The van der Waals surface area contributed by atoms with E-state index in [9.17, 15) is 9.59 Å². The van der Waals surface area contributed by atoms with Gasteiger partial charge in [0.2, 0.25) is 11.9 Å². The second-order valence-corrected chi connectivity index (χ2v) is 11.8. The first-order valence-electron chi connectivity index (χ1n) is 15.1. The van der Waals surface area contributed by atoms with Gasteiger partial charge in [-0.2, -0.15) is 9.97 Å². The molecule has 2 amide bonds. The lowest BCUT2D eigenvalue weighted by Crippen LogP contribution is -2.43. The summed E-state index contributed by atoms with van der Waals surface area (Å²) in [6, 6.07) is 14.6. The van der Waals surface area contributed by atoms with Crippen LogP contribution in [0.25, 0.3) is 11.2 Å². The Morgan fingerprint density at radius 2 is 1.82 bits per heavy atom. The summed E-state index contributed by atoms with van der Waals surface area (Å²) in [5.74, 6) is 0.911. The Kier molecular flexibility index (Phi) is 9.71. The van der Waals surface area contributed by atoms with Gasteiger partial charge in [-0.15, -0.1) is 0 Å². The zero-order valence-electron chi connectivity index (χ0n) is 25.9. The largest absolute Gasteiger partial charge is 0.339 e. The van der Waals surface area contributed by atoms with Crippen molar-refractivity contribution in [3.8, 4) is 0 Å². The van der Waals surface area contributed by atoms with Gasteiger partial charge in [-0.3, -0.25) is 9.59 Å². The average Bonchev–Trinajstić information content (AvgIpc) is 3.42. The van der Waals surface area contributed by atoms with Crippen molar-refractivity contribution in [1.82, 2.24) is 24.4 Å². The Bertz CT molecular complexity index is 1600. The van der Waals surface area contributed by atoms with Crippen LogP contribution in [0.5, 0.6) is 0 Å². The highest BCUT2D eigenvalue weighted by Crippen LogP contribution is 2.29. The lowest BCUT2D eigenvalue weighted by atomic mass is 10.1. The third-order valence-corrected chi connectivity index (χ3v) is 7.53. The summed E-state index contributed by atoms with van der Waals surface area (Å²) in [7, 11) is 3.96. The monoisotopic (exact) mass is 598 g/mol. The number of amides is 2. The van der Waals surface area contributed by atoms with Gasteiger partial charge in [-0.25, -0.2) is 4.98 Å². The Labute approximate surface area is 258 Å². The third kappa shape index (κ3) is 7.69. The molecule has 5 N–H and O–H groups in total. The molecule has 12 heteroatoms. The predicted molar refractivity (Wildman–Crippen MR) is 176 cm³/mol. The van der Waals surface area contributed by atoms with Crippen molar-refractivity contribution in [3.63, 3.8) is 0 Å². The molecule has 0 radical (unpaired) electrons. The number of imidazole rings is 1. The first kappa shape index (κ1) is 30.9. The topological polar surface area (TPSA) is 146 Å². The molecule has 1 saturated heterocycles. The number of nitrogens with zero attached hydrogens (tertiary/aromatic N) is 6. The lowest BCUT2D eigenvalue weighted by Gasteiger charge is -2.31. The van der Waals surface area contributed by atoms with Crippen molar-refractivity contribution >= 4 is 51.8 Å². The minimum atomic E-state index is -0.255. The molecular formula is C32H42N10O2. The SMILES string of the molecule is CC(C)n1cnc2c(Nc3cccc(NC(=O)c4ccc(NC(=O)CCCN(C)C)cc4)c3)nc(N3CCCC(N)C3)nc21. The van der Waals surface area contributed by atoms with Gasteiger partial charge >= 0.3 is 0 Å². The van der Waals surface area contributed by atoms with Gasteiger partial charge in [0.1, 0.15) is 0 Å². The van der Waals surface area contributed by atoms with Gasteiger partial charge in [0.25, 0.3) is 5.91 Å². The van der Waals surface area contributed by atoms with E-state index in [2.05, 4.69) is 39.7 Å². The number of carbonyl (C=O) groups excluding carboxylic acids is 2. The molecule has 1 unspecified atom stereocenters. The smallest absolute Gasteiger partial charge is 0.255 e. The summed E-state index contributed by atoms with van der Waals surface area (Å²) in [6.45, 7) is 6.59. The van der Waals surface area contributed by atoms with Gasteiger partial charge in [-0.1, -0.05) is 6.07 Å². The normalized spacial score (nSPS) is 15.2. The van der Waals surface area contributed by atoms with Gasteiger partial charge in [0.05, 0.1) is 6.33 Å². The first-order valence-corrected chi connectivity index (χ1v) is 15.1. The van der Waals surface area contributed by atoms with E-state index in [0.29, 0.717) is 47.2 Å². The predicted octanol–water partition coefficient (Wildman–Crippen LogP) is 4.61. The van der Waals surface area contributed by atoms with Crippen molar-refractivity contribution in [1.29, 1.82) is 0 Å². The van der Waals surface area contributed by atoms with E-state index < -0.39 is 0 Å². The highest BCUT2D eigenvalue weighted by atomic mass is 16.2. The zero-order chi connectivity index (χ0) is 31.2. The van der Waals surface area contributed by atoms with E-state index in [4.69, 9.17) is 15.7 Å². The first-order chi connectivity index (χ1) is 21.2. The number of rotatable bonds is 11. The van der Waals surface area contributed by atoms with Crippen LogP contribution in [-0.4, -0.2) is 76.0 Å². The number of nitrogens with one attached hydrogen (secondary N) is 3. The molecule has 1 aliphatic rings. The zero-order valence-corrected chi connectivity index (χ0v) is 25.9. The highest BCUT2D eigenvalue weighted by Gasteiger charge is 2.23. The Morgan fingerprint density at radius 1 is 1.05 bits per heavy atom. The maximum Gasteiger partial charge on any atom is 0.255 e. The van der Waals surface area contributed by atoms with E-state index in [0.717, 1.165) is 43.7 Å². The molecule has 4 aromatic rings. The van der Waals surface area contributed by atoms with E-state index in [1.165, 1.54) is 0 Å². The van der Waals surface area contributed by atoms with Crippen LogP contribution in [0.4, 0.5) is 28.8 Å². The molecule has 3 heterocycles. The molecule has 12 nitrogen and oxygen atoms in total. The fourth-order valence-electron chi connectivity index (χ4n) is 5.20. The van der Waals surface area contributed by atoms with Crippen LogP contribution in [0, 0.1) is 0 Å². The van der Waals surface area contributed by atoms with Crippen LogP contribution in [0.2, 0.25) is 0 Å². The fourth-order valence-corrected chi connectivity index (χ4v) is 5.20. The third-order valence-electron chi connectivity index (χ3n) is 7.53. The van der Waals surface area contributed by atoms with Gasteiger partial charge in [0.15, 0.2) is 17.0 Å². The molecule has 0 bridgehead atoms. The lowest BCUT2D eigenvalue weighted by molar-refractivity contribution is -0.116. The van der Waals surface area contributed by atoms with Crippen molar-refractivity contribution in [2.45, 2.75) is 51.6 Å². The minimum absolute atomic E-state index is 0.0445. The van der Waals surface area contributed by atoms with Crippen molar-refractivity contribution in [2.24, 2.45) is 5.73 Å².